The van der Waals surface area contributed by atoms with Crippen molar-refractivity contribution in [2.75, 3.05) is 0 Å². The SMILES string of the molecule is C#Cc1ccoc1C=O. The van der Waals surface area contributed by atoms with E-state index in [2.05, 4.69) is 5.92 Å². The van der Waals surface area contributed by atoms with Gasteiger partial charge in [-0.2, -0.15) is 0 Å². The first-order valence-electron chi connectivity index (χ1n) is 2.37. The Kier molecular flexibility index (Phi) is 1.37. The minimum atomic E-state index is 0.220. The molecule has 1 aromatic heterocycles. The van der Waals surface area contributed by atoms with Crippen LogP contribution in [0.4, 0.5) is 0 Å². The maximum atomic E-state index is 10.1. The molecular weight excluding hydrogens is 116 g/mol. The molecule has 1 rings (SSSR count). The molecule has 0 aliphatic carbocycles. The number of hydrogen-bond donors (Lipinski definition) is 0. The second-order valence-corrected chi connectivity index (χ2v) is 1.46. The molecule has 1 aromatic rings. The van der Waals surface area contributed by atoms with Gasteiger partial charge in [-0.1, -0.05) is 5.92 Å². The molecule has 1 heterocycles. The van der Waals surface area contributed by atoms with Gasteiger partial charge in [-0.3, -0.25) is 4.79 Å². The number of aldehydes is 1. The lowest BCUT2D eigenvalue weighted by Gasteiger charge is -1.78. The van der Waals surface area contributed by atoms with E-state index in [-0.39, 0.29) is 5.76 Å². The van der Waals surface area contributed by atoms with E-state index in [1.807, 2.05) is 0 Å². The number of rotatable bonds is 1. The monoisotopic (exact) mass is 120 g/mol. The highest BCUT2D eigenvalue weighted by molar-refractivity contribution is 5.75. The predicted octanol–water partition coefficient (Wildman–Crippen LogP) is 1.07. The van der Waals surface area contributed by atoms with E-state index >= 15 is 0 Å². The van der Waals surface area contributed by atoms with Crippen molar-refractivity contribution in [1.29, 1.82) is 0 Å². The van der Waals surface area contributed by atoms with Crippen LogP contribution in [0.25, 0.3) is 0 Å². The number of carbonyl (C=O) groups is 1. The molecule has 0 spiro atoms. The zero-order valence-corrected chi connectivity index (χ0v) is 4.63. The van der Waals surface area contributed by atoms with Crippen LogP contribution in [0.5, 0.6) is 0 Å². The molecule has 2 nitrogen and oxygen atoms in total. The van der Waals surface area contributed by atoms with Crippen LogP contribution in [0, 0.1) is 12.3 Å². The number of carbonyl (C=O) groups excluding carboxylic acids is 1. The van der Waals surface area contributed by atoms with Crippen molar-refractivity contribution in [3.8, 4) is 12.3 Å². The highest BCUT2D eigenvalue weighted by Gasteiger charge is 1.98. The molecule has 0 aromatic carbocycles. The maximum absolute atomic E-state index is 10.1. The first kappa shape index (κ1) is 5.64. The van der Waals surface area contributed by atoms with Crippen LogP contribution in [-0.2, 0) is 0 Å². The smallest absolute Gasteiger partial charge is 0.186 e. The molecule has 44 valence electrons. The third-order valence-electron chi connectivity index (χ3n) is 0.958. The molecule has 0 fully saturated rings. The summed E-state index contributed by atoms with van der Waals surface area (Å²) >= 11 is 0. The predicted molar refractivity (Wildman–Crippen MR) is 32.0 cm³/mol. The molecule has 9 heavy (non-hydrogen) atoms. The normalized spacial score (nSPS) is 8.33. The third-order valence-corrected chi connectivity index (χ3v) is 0.958. The van der Waals surface area contributed by atoms with Crippen molar-refractivity contribution >= 4 is 6.29 Å². The molecular formula is C7H4O2. The van der Waals surface area contributed by atoms with Gasteiger partial charge in [-0.15, -0.1) is 6.42 Å². The second-order valence-electron chi connectivity index (χ2n) is 1.46. The van der Waals surface area contributed by atoms with Gasteiger partial charge >= 0.3 is 0 Å². The topological polar surface area (TPSA) is 30.2 Å². The fraction of sp³-hybridized carbons (Fsp3) is 0. The summed E-state index contributed by atoms with van der Waals surface area (Å²) in [5.41, 5.74) is 0.505. The molecule has 0 saturated heterocycles. The first-order chi connectivity index (χ1) is 4.38. The molecule has 0 amide bonds. The van der Waals surface area contributed by atoms with E-state index in [9.17, 15) is 4.79 Å². The van der Waals surface area contributed by atoms with E-state index in [1.54, 1.807) is 6.07 Å². The summed E-state index contributed by atoms with van der Waals surface area (Å²) in [5, 5.41) is 0. The van der Waals surface area contributed by atoms with Crippen LogP contribution in [0.1, 0.15) is 16.1 Å². The zero-order valence-electron chi connectivity index (χ0n) is 4.63. The van der Waals surface area contributed by atoms with Gasteiger partial charge in [-0.25, -0.2) is 0 Å². The van der Waals surface area contributed by atoms with Crippen LogP contribution in [-0.4, -0.2) is 6.29 Å². The van der Waals surface area contributed by atoms with Crippen molar-refractivity contribution in [2.45, 2.75) is 0 Å². The molecule has 0 unspecified atom stereocenters. The van der Waals surface area contributed by atoms with Gasteiger partial charge in [-0.05, 0) is 6.07 Å². The van der Waals surface area contributed by atoms with Gasteiger partial charge in [0.2, 0.25) is 0 Å². The van der Waals surface area contributed by atoms with Crippen molar-refractivity contribution in [3.63, 3.8) is 0 Å². The summed E-state index contributed by atoms with van der Waals surface area (Å²) < 4.78 is 4.69. The van der Waals surface area contributed by atoms with Gasteiger partial charge in [0.05, 0.1) is 11.8 Å². The van der Waals surface area contributed by atoms with Crippen molar-refractivity contribution < 1.29 is 9.21 Å². The Bertz CT molecular complexity index is 252. The summed E-state index contributed by atoms with van der Waals surface area (Å²) in [6, 6.07) is 1.57. The summed E-state index contributed by atoms with van der Waals surface area (Å²) in [6.45, 7) is 0. The van der Waals surface area contributed by atoms with E-state index in [0.717, 1.165) is 0 Å². The van der Waals surface area contributed by atoms with Crippen molar-refractivity contribution in [3.05, 3.63) is 23.7 Å². The number of furan rings is 1. The van der Waals surface area contributed by atoms with Gasteiger partial charge in [0, 0.05) is 0 Å². The molecule has 0 atom stereocenters. The lowest BCUT2D eigenvalue weighted by Crippen LogP contribution is -1.76. The number of hydrogen-bond acceptors (Lipinski definition) is 2. The van der Waals surface area contributed by atoms with Crippen LogP contribution < -0.4 is 0 Å². The lowest BCUT2D eigenvalue weighted by atomic mass is 10.3. The van der Waals surface area contributed by atoms with E-state index in [1.165, 1.54) is 6.26 Å². The Morgan fingerprint density at radius 3 is 3.00 bits per heavy atom. The largest absolute Gasteiger partial charge is 0.460 e. The van der Waals surface area contributed by atoms with E-state index < -0.39 is 0 Å². The minimum Gasteiger partial charge on any atom is -0.460 e. The fourth-order valence-electron chi connectivity index (χ4n) is 0.531. The standard InChI is InChI=1S/C7H4O2/c1-2-6-3-4-9-7(6)5-8/h1,3-5H. The fourth-order valence-corrected chi connectivity index (χ4v) is 0.531. The average Bonchev–Trinajstić information content (AvgIpc) is 2.33. The lowest BCUT2D eigenvalue weighted by molar-refractivity contribution is 0.110. The van der Waals surface area contributed by atoms with Crippen LogP contribution in [0.15, 0.2) is 16.7 Å². The summed E-state index contributed by atoms with van der Waals surface area (Å²) in [5.74, 6) is 2.52. The summed E-state index contributed by atoms with van der Waals surface area (Å²) in [6.07, 6.45) is 6.98. The van der Waals surface area contributed by atoms with Gasteiger partial charge in [0.25, 0.3) is 0 Å². The average molecular weight is 120 g/mol. The second kappa shape index (κ2) is 2.19. The maximum Gasteiger partial charge on any atom is 0.186 e. The zero-order chi connectivity index (χ0) is 6.69. The van der Waals surface area contributed by atoms with Crippen LogP contribution in [0.2, 0.25) is 0 Å². The summed E-state index contributed by atoms with van der Waals surface area (Å²) in [7, 11) is 0. The Morgan fingerprint density at radius 2 is 2.56 bits per heavy atom. The number of terminal acetylenes is 1. The van der Waals surface area contributed by atoms with Gasteiger partial charge in [0.1, 0.15) is 0 Å². The Labute approximate surface area is 52.5 Å². The Balaban J connectivity index is 3.17. The molecule has 0 bridgehead atoms. The Morgan fingerprint density at radius 1 is 1.78 bits per heavy atom. The minimum absolute atomic E-state index is 0.220. The molecule has 2 heteroatoms. The van der Waals surface area contributed by atoms with E-state index in [0.29, 0.717) is 11.8 Å². The third kappa shape index (κ3) is 0.846. The first-order valence-corrected chi connectivity index (χ1v) is 2.37. The van der Waals surface area contributed by atoms with Crippen molar-refractivity contribution in [1.82, 2.24) is 0 Å². The van der Waals surface area contributed by atoms with Gasteiger partial charge < -0.3 is 4.42 Å². The molecule has 0 saturated carbocycles. The molecule has 0 N–H and O–H groups in total. The molecule has 0 aliphatic rings. The van der Waals surface area contributed by atoms with E-state index in [4.69, 9.17) is 10.8 Å². The molecule has 0 aliphatic heterocycles. The van der Waals surface area contributed by atoms with Crippen LogP contribution >= 0.6 is 0 Å². The van der Waals surface area contributed by atoms with Crippen molar-refractivity contribution in [2.24, 2.45) is 0 Å². The highest BCUT2D eigenvalue weighted by Crippen LogP contribution is 2.04. The summed E-state index contributed by atoms with van der Waals surface area (Å²) in [4.78, 5) is 10.1. The van der Waals surface area contributed by atoms with Crippen LogP contribution in [0.3, 0.4) is 0 Å². The Hall–Kier alpha value is -1.49. The van der Waals surface area contributed by atoms with Gasteiger partial charge in [0.15, 0.2) is 12.0 Å². The molecule has 0 radical (unpaired) electrons. The highest BCUT2D eigenvalue weighted by atomic mass is 16.3. The quantitative estimate of drug-likeness (QED) is 0.410.